The number of hydrogen-bond acceptors (Lipinski definition) is 0. The zero-order valence-electron chi connectivity index (χ0n) is 21.2. The van der Waals surface area contributed by atoms with Crippen LogP contribution in [0.25, 0.3) is 45.2 Å². The van der Waals surface area contributed by atoms with Gasteiger partial charge in [0, 0.05) is 0 Å². The second-order valence-electron chi connectivity index (χ2n) is 10.3. The van der Waals surface area contributed by atoms with E-state index in [9.17, 15) is 0 Å². The van der Waals surface area contributed by atoms with Gasteiger partial charge in [0.2, 0.25) is 0 Å². The van der Waals surface area contributed by atoms with Gasteiger partial charge in [0.05, 0.1) is 0 Å². The van der Waals surface area contributed by atoms with Gasteiger partial charge < -0.3 is 0 Å². The van der Waals surface area contributed by atoms with E-state index in [1.165, 1.54) is 44.2 Å². The quantitative estimate of drug-likeness (QED) is 0.208. The van der Waals surface area contributed by atoms with Gasteiger partial charge in [-0.25, -0.2) is 0 Å². The first-order valence-electron chi connectivity index (χ1n) is 13.1. The predicted molar refractivity (Wildman–Crippen MR) is 154 cm³/mol. The summed E-state index contributed by atoms with van der Waals surface area (Å²) in [6, 6.07) is 40.3. The topological polar surface area (TPSA) is 0 Å². The van der Waals surface area contributed by atoms with Crippen molar-refractivity contribution in [2.45, 2.75) is 21.1 Å². The van der Waals surface area contributed by atoms with Crippen molar-refractivity contribution in [2.24, 2.45) is 0 Å². The number of benzene rings is 5. The minimum absolute atomic E-state index is 0.605. The van der Waals surface area contributed by atoms with Crippen LogP contribution in [0.4, 0.5) is 0 Å². The molecule has 2 aliphatic carbocycles. The van der Waals surface area contributed by atoms with Crippen LogP contribution < -0.4 is 0 Å². The zero-order valence-corrected chi connectivity index (χ0v) is 23.7. The molecule has 0 aromatic heterocycles. The molecule has 2 aliphatic rings. The molecule has 2 atom stereocenters. The van der Waals surface area contributed by atoms with Crippen LogP contribution in [-0.2, 0) is 23.2 Å². The Balaban J connectivity index is 1.28. The fourth-order valence-electron chi connectivity index (χ4n) is 6.28. The number of allylic oxidation sites excluding steroid dienone is 2. The molecular weight excluding hydrogens is 524 g/mol. The molecule has 37 heavy (non-hydrogen) atoms. The van der Waals surface area contributed by atoms with Gasteiger partial charge in [-0.05, 0) is 0 Å². The van der Waals surface area contributed by atoms with Gasteiger partial charge in [0.15, 0.2) is 0 Å². The van der Waals surface area contributed by atoms with Gasteiger partial charge in [-0.1, -0.05) is 0 Å². The Morgan fingerprint density at radius 2 is 1.03 bits per heavy atom. The van der Waals surface area contributed by atoms with Crippen LogP contribution in [0.3, 0.4) is 0 Å². The van der Waals surface area contributed by atoms with Crippen molar-refractivity contribution in [3.8, 4) is 22.3 Å². The fourth-order valence-corrected chi connectivity index (χ4v) is 10.9. The Bertz CT molecular complexity index is 1720. The first-order valence-corrected chi connectivity index (χ1v) is 15.9. The molecule has 5 aromatic carbocycles. The van der Waals surface area contributed by atoms with E-state index >= 15 is 0 Å². The van der Waals surface area contributed by atoms with E-state index in [2.05, 4.69) is 135 Å². The Kier molecular flexibility index (Phi) is 5.71. The normalized spacial score (nSPS) is 17.8. The maximum absolute atomic E-state index is 2.49. The summed E-state index contributed by atoms with van der Waals surface area (Å²) >= 11 is -0.883. The molecule has 0 N–H and O–H groups in total. The summed E-state index contributed by atoms with van der Waals surface area (Å²) in [6.07, 6.45) is 4.97. The zero-order chi connectivity index (χ0) is 24.9. The van der Waals surface area contributed by atoms with Crippen molar-refractivity contribution < 1.29 is 23.2 Å². The summed E-state index contributed by atoms with van der Waals surface area (Å²) in [5.41, 5.74) is 14.5. The Morgan fingerprint density at radius 3 is 1.76 bits per heavy atom. The number of fused-ring (bicyclic) bond motifs is 3. The summed E-state index contributed by atoms with van der Waals surface area (Å²) in [5.74, 6) is 0. The molecule has 0 aliphatic heterocycles. The van der Waals surface area contributed by atoms with Crippen molar-refractivity contribution >= 4 is 22.9 Å². The van der Waals surface area contributed by atoms with Gasteiger partial charge in [0.25, 0.3) is 0 Å². The summed E-state index contributed by atoms with van der Waals surface area (Å²) in [6.45, 7) is 4.73. The summed E-state index contributed by atoms with van der Waals surface area (Å²) in [4.78, 5) is 0. The van der Waals surface area contributed by atoms with Crippen LogP contribution >= 0.6 is 0 Å². The van der Waals surface area contributed by atoms with E-state index in [0.717, 1.165) is 0 Å². The molecule has 7 rings (SSSR count). The summed E-state index contributed by atoms with van der Waals surface area (Å²) in [7, 11) is 0. The third-order valence-electron chi connectivity index (χ3n) is 8.05. The van der Waals surface area contributed by atoms with Crippen molar-refractivity contribution in [1.29, 1.82) is 0 Å². The van der Waals surface area contributed by atoms with Crippen LogP contribution in [0.1, 0.15) is 43.4 Å². The average molecular weight is 552 g/mol. The van der Waals surface area contributed by atoms with Crippen LogP contribution in [0.15, 0.2) is 120 Å². The van der Waals surface area contributed by atoms with Gasteiger partial charge in [-0.15, -0.1) is 0 Å². The minimum atomic E-state index is -0.883. The van der Waals surface area contributed by atoms with Crippen LogP contribution in [0.5, 0.6) is 0 Å². The van der Waals surface area contributed by atoms with Crippen molar-refractivity contribution in [2.75, 3.05) is 0 Å². The molecule has 0 radical (unpaired) electrons. The molecule has 0 spiro atoms. The third kappa shape index (κ3) is 3.84. The van der Waals surface area contributed by atoms with Crippen LogP contribution in [0, 0.1) is 0 Å². The van der Waals surface area contributed by atoms with Crippen molar-refractivity contribution in [1.82, 2.24) is 0 Å². The monoisotopic (exact) mass is 550 g/mol. The second kappa shape index (κ2) is 9.23. The van der Waals surface area contributed by atoms with Crippen LogP contribution in [-0.4, -0.2) is 0 Å². The molecular formula is C36H28Zr. The van der Waals surface area contributed by atoms with Gasteiger partial charge in [-0.2, -0.15) is 0 Å². The molecule has 0 bridgehead atoms. The molecule has 1 heteroatoms. The first-order chi connectivity index (χ1) is 18.2. The molecule has 0 amide bonds. The Morgan fingerprint density at radius 1 is 0.486 bits per heavy atom. The molecule has 176 valence electrons. The molecule has 0 nitrogen and oxygen atoms in total. The van der Waals surface area contributed by atoms with Crippen molar-refractivity contribution in [3.63, 3.8) is 0 Å². The molecule has 0 saturated carbocycles. The molecule has 5 aromatic rings. The van der Waals surface area contributed by atoms with Gasteiger partial charge in [0.1, 0.15) is 0 Å². The predicted octanol–water partition coefficient (Wildman–Crippen LogP) is 9.87. The first kappa shape index (κ1) is 22.9. The number of rotatable bonds is 4. The molecule has 2 unspecified atom stereocenters. The van der Waals surface area contributed by atoms with E-state index in [-0.39, 0.29) is 0 Å². The number of hydrogen-bond donors (Lipinski definition) is 0. The Labute approximate surface area is 231 Å². The van der Waals surface area contributed by atoms with Crippen LogP contribution in [0.2, 0.25) is 0 Å². The Hall–Kier alpha value is -3.28. The summed E-state index contributed by atoms with van der Waals surface area (Å²) in [5, 5.41) is 2.65. The fraction of sp³-hybridized carbons (Fsp3) is 0.111. The van der Waals surface area contributed by atoms with Crippen molar-refractivity contribution in [3.05, 3.63) is 143 Å². The molecule has 0 heterocycles. The SMILES string of the molecule is CC1=Cc2c(-c3ccccc3)cccc2[CH]1[Zr][CH]1C(C)=Cc2c(-c3cccc4ccccc34)cccc21. The van der Waals surface area contributed by atoms with E-state index in [1.807, 2.05) is 0 Å². The van der Waals surface area contributed by atoms with E-state index in [4.69, 9.17) is 0 Å². The van der Waals surface area contributed by atoms with E-state index in [1.54, 1.807) is 22.3 Å². The van der Waals surface area contributed by atoms with E-state index < -0.39 is 23.2 Å². The standard InChI is InChI=1S/C20H15.C16H13.Zr/c1-14-12-16-8-5-11-19(20(16)13-14)18-10-4-7-15-6-2-3-9-17(15)18;1-12-10-14-8-5-9-15(16(14)11-12)13-6-3-2-4-7-13;/h2-13H,1H3;2-11H,1H3;. The maximum atomic E-state index is 2.49. The average Bonchev–Trinajstić information content (AvgIpc) is 3.44. The second-order valence-corrected chi connectivity index (χ2v) is 14.0. The van der Waals surface area contributed by atoms with Gasteiger partial charge >= 0.3 is 232 Å². The molecule has 0 fully saturated rings. The van der Waals surface area contributed by atoms with Gasteiger partial charge in [-0.3, -0.25) is 0 Å². The third-order valence-corrected chi connectivity index (χ3v) is 13.5. The summed E-state index contributed by atoms with van der Waals surface area (Å²) < 4.78 is 1.22. The van der Waals surface area contributed by atoms with E-state index in [0.29, 0.717) is 7.25 Å². The molecule has 0 saturated heterocycles.